The second kappa shape index (κ2) is 5.15. The number of halogens is 1. The van der Waals surface area contributed by atoms with Crippen molar-refractivity contribution in [1.29, 1.82) is 0 Å². The minimum Gasteiger partial charge on any atom is -0.359 e. The topological polar surface area (TPSA) is 28.2 Å². The first kappa shape index (κ1) is 11.9. The van der Waals surface area contributed by atoms with Crippen molar-refractivity contribution in [3.8, 4) is 0 Å². The van der Waals surface area contributed by atoms with Gasteiger partial charge in [0.15, 0.2) is 0 Å². The Morgan fingerprint density at radius 2 is 2.31 bits per heavy atom. The van der Waals surface area contributed by atoms with Crippen molar-refractivity contribution in [2.45, 2.75) is 19.4 Å². The normalized spacial score (nSPS) is 15.2. The quantitative estimate of drug-likeness (QED) is 0.900. The number of pyridine rings is 1. The van der Waals surface area contributed by atoms with E-state index in [4.69, 9.17) is 0 Å². The Kier molecular flexibility index (Phi) is 3.82. The van der Waals surface area contributed by atoms with Crippen LogP contribution >= 0.6 is 15.9 Å². The number of anilines is 1. The predicted octanol–water partition coefficient (Wildman–Crippen LogP) is 2.41. The summed E-state index contributed by atoms with van der Waals surface area (Å²) >= 11 is 3.47. The number of rotatable bonds is 5. The van der Waals surface area contributed by atoms with Gasteiger partial charge in [0.1, 0.15) is 5.82 Å². The minimum absolute atomic E-state index is 0.858. The Hall–Kier alpha value is -0.610. The van der Waals surface area contributed by atoms with E-state index in [0.29, 0.717) is 0 Å². The molecule has 0 saturated heterocycles. The standard InChI is InChI=1S/C12H18BrN3/c1-14-6-10-5-11(13)7-15-12(10)16(2)8-9-3-4-9/h5,7,9,14H,3-4,6,8H2,1-2H3. The molecule has 0 amide bonds. The van der Waals surface area contributed by atoms with Crippen LogP contribution in [0.15, 0.2) is 16.7 Å². The summed E-state index contributed by atoms with van der Waals surface area (Å²) in [5, 5.41) is 3.19. The molecule has 1 aliphatic carbocycles. The van der Waals surface area contributed by atoms with Crippen molar-refractivity contribution in [1.82, 2.24) is 10.3 Å². The average Bonchev–Trinajstić information content (AvgIpc) is 3.02. The van der Waals surface area contributed by atoms with Crippen LogP contribution in [0, 0.1) is 5.92 Å². The van der Waals surface area contributed by atoms with Gasteiger partial charge in [-0.3, -0.25) is 0 Å². The van der Waals surface area contributed by atoms with E-state index in [2.05, 4.69) is 44.2 Å². The van der Waals surface area contributed by atoms with Gasteiger partial charge in [0.05, 0.1) is 0 Å². The van der Waals surface area contributed by atoms with Gasteiger partial charge in [-0.1, -0.05) is 0 Å². The third-order valence-corrected chi connectivity index (χ3v) is 3.30. The van der Waals surface area contributed by atoms with Gasteiger partial charge in [-0.05, 0) is 47.8 Å². The van der Waals surface area contributed by atoms with E-state index in [1.165, 1.54) is 18.4 Å². The zero-order chi connectivity index (χ0) is 11.5. The van der Waals surface area contributed by atoms with Crippen LogP contribution in [0.3, 0.4) is 0 Å². The van der Waals surface area contributed by atoms with E-state index in [-0.39, 0.29) is 0 Å². The second-order valence-corrected chi connectivity index (χ2v) is 5.41. The van der Waals surface area contributed by atoms with Crippen molar-refractivity contribution < 1.29 is 0 Å². The van der Waals surface area contributed by atoms with Gasteiger partial charge >= 0.3 is 0 Å². The van der Waals surface area contributed by atoms with E-state index >= 15 is 0 Å². The Balaban J connectivity index is 2.15. The second-order valence-electron chi connectivity index (χ2n) is 4.49. The van der Waals surface area contributed by atoms with Crippen LogP contribution in [0.1, 0.15) is 18.4 Å². The highest BCUT2D eigenvalue weighted by Crippen LogP contribution is 2.31. The highest BCUT2D eigenvalue weighted by atomic mass is 79.9. The first-order valence-electron chi connectivity index (χ1n) is 5.71. The molecule has 1 fully saturated rings. The fraction of sp³-hybridized carbons (Fsp3) is 0.583. The smallest absolute Gasteiger partial charge is 0.132 e. The molecule has 3 nitrogen and oxygen atoms in total. The summed E-state index contributed by atoms with van der Waals surface area (Å²) in [7, 11) is 4.10. The molecule has 0 aliphatic heterocycles. The Bertz CT molecular complexity index is 363. The average molecular weight is 284 g/mol. The molecule has 1 heterocycles. The molecule has 2 rings (SSSR count). The molecule has 1 aromatic rings. The summed E-state index contributed by atoms with van der Waals surface area (Å²) < 4.78 is 1.04. The lowest BCUT2D eigenvalue weighted by Gasteiger charge is -2.21. The maximum Gasteiger partial charge on any atom is 0.132 e. The molecule has 16 heavy (non-hydrogen) atoms. The lowest BCUT2D eigenvalue weighted by atomic mass is 10.2. The number of nitrogens with one attached hydrogen (secondary N) is 1. The van der Waals surface area contributed by atoms with Gasteiger partial charge < -0.3 is 10.2 Å². The zero-order valence-electron chi connectivity index (χ0n) is 9.83. The lowest BCUT2D eigenvalue weighted by Crippen LogP contribution is -2.23. The molecule has 0 aromatic carbocycles. The largest absolute Gasteiger partial charge is 0.359 e. The molecule has 0 atom stereocenters. The van der Waals surface area contributed by atoms with Gasteiger partial charge in [0, 0.05) is 36.4 Å². The molecular formula is C12H18BrN3. The van der Waals surface area contributed by atoms with Crippen molar-refractivity contribution in [3.63, 3.8) is 0 Å². The van der Waals surface area contributed by atoms with Crippen LogP contribution in [-0.2, 0) is 6.54 Å². The molecule has 1 aliphatic rings. The Labute approximate surface area is 105 Å². The van der Waals surface area contributed by atoms with E-state index in [1.54, 1.807) is 0 Å². The zero-order valence-corrected chi connectivity index (χ0v) is 11.4. The summed E-state index contributed by atoms with van der Waals surface area (Å²) in [6, 6.07) is 2.14. The SMILES string of the molecule is CNCc1cc(Br)cnc1N(C)CC1CC1. The summed E-state index contributed by atoms with van der Waals surface area (Å²) in [6.45, 7) is 1.99. The summed E-state index contributed by atoms with van der Waals surface area (Å²) in [4.78, 5) is 6.79. The van der Waals surface area contributed by atoms with Gasteiger partial charge in [-0.25, -0.2) is 4.98 Å². The summed E-state index contributed by atoms with van der Waals surface area (Å²) in [5.41, 5.74) is 1.25. The summed E-state index contributed by atoms with van der Waals surface area (Å²) in [6.07, 6.45) is 4.63. The van der Waals surface area contributed by atoms with Crippen LogP contribution in [0.4, 0.5) is 5.82 Å². The number of hydrogen-bond acceptors (Lipinski definition) is 3. The van der Waals surface area contributed by atoms with Crippen LogP contribution in [0.2, 0.25) is 0 Å². The van der Waals surface area contributed by atoms with Crippen molar-refractivity contribution in [2.24, 2.45) is 5.92 Å². The predicted molar refractivity (Wildman–Crippen MR) is 70.7 cm³/mol. The third kappa shape index (κ3) is 2.95. The van der Waals surface area contributed by atoms with E-state index in [1.807, 2.05) is 13.2 Å². The molecule has 0 radical (unpaired) electrons. The lowest BCUT2D eigenvalue weighted by molar-refractivity contribution is 0.755. The summed E-state index contributed by atoms with van der Waals surface area (Å²) in [5.74, 6) is 1.99. The number of nitrogens with zero attached hydrogens (tertiary/aromatic N) is 2. The maximum atomic E-state index is 4.52. The molecular weight excluding hydrogens is 266 g/mol. The van der Waals surface area contributed by atoms with Crippen molar-refractivity contribution >= 4 is 21.7 Å². The molecule has 0 bridgehead atoms. The van der Waals surface area contributed by atoms with E-state index in [0.717, 1.165) is 29.3 Å². The Morgan fingerprint density at radius 3 is 2.94 bits per heavy atom. The third-order valence-electron chi connectivity index (χ3n) is 2.87. The fourth-order valence-corrected chi connectivity index (χ4v) is 2.29. The van der Waals surface area contributed by atoms with Crippen LogP contribution in [0.25, 0.3) is 0 Å². The highest BCUT2D eigenvalue weighted by molar-refractivity contribution is 9.10. The van der Waals surface area contributed by atoms with Crippen LogP contribution in [0.5, 0.6) is 0 Å². The molecule has 88 valence electrons. The maximum absolute atomic E-state index is 4.52. The molecule has 1 aromatic heterocycles. The van der Waals surface area contributed by atoms with Crippen molar-refractivity contribution in [3.05, 3.63) is 22.3 Å². The van der Waals surface area contributed by atoms with Gasteiger partial charge in [-0.2, -0.15) is 0 Å². The van der Waals surface area contributed by atoms with E-state index < -0.39 is 0 Å². The van der Waals surface area contributed by atoms with Gasteiger partial charge in [0.2, 0.25) is 0 Å². The molecule has 4 heteroatoms. The van der Waals surface area contributed by atoms with Crippen LogP contribution in [-0.4, -0.2) is 25.6 Å². The molecule has 1 N–H and O–H groups in total. The molecule has 0 unspecified atom stereocenters. The monoisotopic (exact) mass is 283 g/mol. The first-order valence-corrected chi connectivity index (χ1v) is 6.50. The van der Waals surface area contributed by atoms with Gasteiger partial charge in [0.25, 0.3) is 0 Å². The highest BCUT2D eigenvalue weighted by Gasteiger charge is 2.24. The van der Waals surface area contributed by atoms with Crippen molar-refractivity contribution in [2.75, 3.05) is 25.5 Å². The minimum atomic E-state index is 0.858. The molecule has 0 spiro atoms. The first-order chi connectivity index (χ1) is 7.70. The Morgan fingerprint density at radius 1 is 1.56 bits per heavy atom. The van der Waals surface area contributed by atoms with Gasteiger partial charge in [-0.15, -0.1) is 0 Å². The van der Waals surface area contributed by atoms with Crippen LogP contribution < -0.4 is 10.2 Å². The number of aromatic nitrogens is 1. The molecule has 1 saturated carbocycles. The number of hydrogen-bond donors (Lipinski definition) is 1. The van der Waals surface area contributed by atoms with E-state index in [9.17, 15) is 0 Å². The fourth-order valence-electron chi connectivity index (χ4n) is 1.91.